The van der Waals surface area contributed by atoms with Crippen molar-refractivity contribution < 1.29 is 0 Å². The van der Waals surface area contributed by atoms with E-state index in [0.717, 1.165) is 0 Å². The SMILES string of the molecule is C=C[CH2][Ge][CH2]CCCC. The first-order valence-electron chi connectivity index (χ1n) is 3.73. The minimum atomic E-state index is 0.379. The van der Waals surface area contributed by atoms with Crippen molar-refractivity contribution >= 4 is 15.4 Å². The molecule has 0 rings (SSSR count). The van der Waals surface area contributed by atoms with Gasteiger partial charge in [-0.25, -0.2) is 0 Å². The Morgan fingerprint density at radius 2 is 2.22 bits per heavy atom. The molecule has 52 valence electrons. The van der Waals surface area contributed by atoms with E-state index in [1.165, 1.54) is 29.8 Å². The van der Waals surface area contributed by atoms with E-state index in [4.69, 9.17) is 0 Å². The third kappa shape index (κ3) is 8.28. The predicted molar refractivity (Wildman–Crippen MR) is 45.1 cm³/mol. The maximum absolute atomic E-state index is 3.71. The van der Waals surface area contributed by atoms with Gasteiger partial charge in [-0.3, -0.25) is 0 Å². The van der Waals surface area contributed by atoms with Gasteiger partial charge in [-0.1, -0.05) is 0 Å². The fraction of sp³-hybridized carbons (Fsp3) is 0.750. The van der Waals surface area contributed by atoms with E-state index in [-0.39, 0.29) is 0 Å². The summed E-state index contributed by atoms with van der Waals surface area (Å²) in [5.74, 6) is 0. The van der Waals surface area contributed by atoms with Crippen molar-refractivity contribution in [1.82, 2.24) is 0 Å². The summed E-state index contributed by atoms with van der Waals surface area (Å²) in [6, 6.07) is 0. The molecule has 0 atom stereocenters. The molecule has 0 N–H and O–H groups in total. The van der Waals surface area contributed by atoms with Gasteiger partial charge in [0, 0.05) is 0 Å². The number of hydrogen-bond donors (Lipinski definition) is 0. The van der Waals surface area contributed by atoms with Gasteiger partial charge in [0.25, 0.3) is 0 Å². The first-order chi connectivity index (χ1) is 4.41. The van der Waals surface area contributed by atoms with Crippen molar-refractivity contribution in [2.75, 3.05) is 0 Å². The third-order valence-corrected chi connectivity index (χ3v) is 3.94. The zero-order valence-corrected chi connectivity index (χ0v) is 8.42. The summed E-state index contributed by atoms with van der Waals surface area (Å²) < 4.78 is 0. The second-order valence-corrected chi connectivity index (χ2v) is 5.15. The molecule has 0 saturated heterocycles. The Hall–Kier alpha value is 0.283. The van der Waals surface area contributed by atoms with Crippen LogP contribution in [-0.4, -0.2) is 15.4 Å². The Morgan fingerprint density at radius 3 is 2.78 bits per heavy atom. The summed E-state index contributed by atoms with van der Waals surface area (Å²) in [7, 11) is 0. The molecule has 0 bridgehead atoms. The predicted octanol–water partition coefficient (Wildman–Crippen LogP) is 2.90. The fourth-order valence-corrected chi connectivity index (χ4v) is 2.61. The van der Waals surface area contributed by atoms with Gasteiger partial charge in [-0.2, -0.15) is 0 Å². The zero-order chi connectivity index (χ0) is 6.95. The average molecular weight is 185 g/mol. The second kappa shape index (κ2) is 8.28. The maximum atomic E-state index is 3.71. The van der Waals surface area contributed by atoms with Crippen molar-refractivity contribution in [3.8, 4) is 0 Å². The van der Waals surface area contributed by atoms with Crippen LogP contribution in [0.25, 0.3) is 0 Å². The van der Waals surface area contributed by atoms with Gasteiger partial charge in [0.1, 0.15) is 0 Å². The molecule has 0 saturated carbocycles. The topological polar surface area (TPSA) is 0 Å². The molecule has 0 spiro atoms. The molecular formula is C8H16Ge. The van der Waals surface area contributed by atoms with Crippen LogP contribution >= 0.6 is 0 Å². The van der Waals surface area contributed by atoms with Crippen LogP contribution in [0.4, 0.5) is 0 Å². The zero-order valence-electron chi connectivity index (χ0n) is 6.32. The molecule has 9 heavy (non-hydrogen) atoms. The summed E-state index contributed by atoms with van der Waals surface area (Å²) in [4.78, 5) is 0. The molecule has 0 aromatic carbocycles. The monoisotopic (exact) mass is 186 g/mol. The van der Waals surface area contributed by atoms with E-state index >= 15 is 0 Å². The number of unbranched alkanes of at least 4 members (excludes halogenated alkanes) is 2. The summed E-state index contributed by atoms with van der Waals surface area (Å²) in [6.07, 6.45) is 6.32. The minimum absolute atomic E-state index is 0.379. The van der Waals surface area contributed by atoms with Crippen LogP contribution in [0, 0.1) is 0 Å². The van der Waals surface area contributed by atoms with E-state index in [2.05, 4.69) is 19.6 Å². The van der Waals surface area contributed by atoms with Crippen molar-refractivity contribution in [3.05, 3.63) is 12.7 Å². The molecule has 0 amide bonds. The molecule has 0 aliphatic heterocycles. The van der Waals surface area contributed by atoms with Crippen molar-refractivity contribution in [2.45, 2.75) is 36.7 Å². The van der Waals surface area contributed by atoms with Crippen LogP contribution in [-0.2, 0) is 0 Å². The van der Waals surface area contributed by atoms with Gasteiger partial charge < -0.3 is 0 Å². The Balaban J connectivity index is 2.66. The number of hydrogen-bond acceptors (Lipinski definition) is 0. The van der Waals surface area contributed by atoms with Crippen LogP contribution in [0.3, 0.4) is 0 Å². The molecule has 0 unspecified atom stereocenters. The molecule has 0 aliphatic rings. The van der Waals surface area contributed by atoms with E-state index in [1.54, 1.807) is 0 Å². The Labute approximate surface area is 65.2 Å². The van der Waals surface area contributed by atoms with E-state index in [1.807, 2.05) is 0 Å². The summed E-state index contributed by atoms with van der Waals surface area (Å²) >= 11 is 0.379. The molecule has 0 nitrogen and oxygen atoms in total. The van der Waals surface area contributed by atoms with Crippen LogP contribution in [0.1, 0.15) is 26.2 Å². The van der Waals surface area contributed by atoms with Crippen LogP contribution in [0.5, 0.6) is 0 Å². The van der Waals surface area contributed by atoms with Crippen molar-refractivity contribution in [1.29, 1.82) is 0 Å². The van der Waals surface area contributed by atoms with Gasteiger partial charge in [0.2, 0.25) is 0 Å². The molecule has 0 aromatic heterocycles. The van der Waals surface area contributed by atoms with Gasteiger partial charge >= 0.3 is 64.8 Å². The first-order valence-corrected chi connectivity index (χ1v) is 6.70. The molecule has 0 fully saturated rings. The van der Waals surface area contributed by atoms with Crippen LogP contribution in [0.15, 0.2) is 12.7 Å². The molecule has 2 radical (unpaired) electrons. The second-order valence-electron chi connectivity index (χ2n) is 2.20. The normalized spacial score (nSPS) is 9.44. The average Bonchev–Trinajstić information content (AvgIpc) is 1.89. The first kappa shape index (κ1) is 9.28. The fourth-order valence-electron chi connectivity index (χ4n) is 0.704. The van der Waals surface area contributed by atoms with Crippen LogP contribution in [0.2, 0.25) is 10.5 Å². The molecular weight excluding hydrogens is 169 g/mol. The van der Waals surface area contributed by atoms with E-state index < -0.39 is 0 Å². The quantitative estimate of drug-likeness (QED) is 0.339. The Morgan fingerprint density at radius 1 is 1.44 bits per heavy atom. The van der Waals surface area contributed by atoms with Gasteiger partial charge in [0.15, 0.2) is 0 Å². The summed E-state index contributed by atoms with van der Waals surface area (Å²) in [5.41, 5.74) is 0. The third-order valence-electron chi connectivity index (χ3n) is 1.25. The Kier molecular flexibility index (Phi) is 8.54. The molecule has 0 aliphatic carbocycles. The van der Waals surface area contributed by atoms with Crippen LogP contribution < -0.4 is 0 Å². The molecule has 0 aromatic rings. The van der Waals surface area contributed by atoms with Gasteiger partial charge in [-0.15, -0.1) is 0 Å². The van der Waals surface area contributed by atoms with Crippen molar-refractivity contribution in [2.24, 2.45) is 0 Å². The number of rotatable bonds is 6. The van der Waals surface area contributed by atoms with Gasteiger partial charge in [-0.05, 0) is 0 Å². The summed E-state index contributed by atoms with van der Waals surface area (Å²) in [5, 5.41) is 2.84. The molecule has 0 heterocycles. The van der Waals surface area contributed by atoms with Crippen molar-refractivity contribution in [3.63, 3.8) is 0 Å². The standard InChI is InChI=1S/C8H16Ge/c1-3-5-6-8-9-7-4-2/h4H,2-3,5-8H2,1H3. The van der Waals surface area contributed by atoms with Gasteiger partial charge in [0.05, 0.1) is 0 Å². The van der Waals surface area contributed by atoms with E-state index in [9.17, 15) is 0 Å². The Bertz CT molecular complexity index is 59.6. The molecule has 1 heteroatoms. The summed E-state index contributed by atoms with van der Waals surface area (Å²) in [6.45, 7) is 5.97. The van der Waals surface area contributed by atoms with E-state index in [0.29, 0.717) is 15.4 Å². The number of allylic oxidation sites excluding steroid dienone is 1.